The van der Waals surface area contributed by atoms with Crippen molar-refractivity contribution >= 4 is 0 Å². The molecule has 0 bridgehead atoms. The first-order chi connectivity index (χ1) is 8.29. The topological polar surface area (TPSA) is 15.3 Å². The van der Waals surface area contributed by atoms with E-state index in [2.05, 4.69) is 47.5 Å². The van der Waals surface area contributed by atoms with Gasteiger partial charge >= 0.3 is 0 Å². The van der Waals surface area contributed by atoms with E-state index in [1.54, 1.807) is 0 Å². The van der Waals surface area contributed by atoms with Crippen molar-refractivity contribution in [2.24, 2.45) is 5.92 Å². The monoisotopic (exact) mass is 230 g/mol. The molecule has 0 amide bonds. The number of piperazine rings is 1. The predicted octanol–water partition coefficient (Wildman–Crippen LogP) is 2.22. The molecule has 0 radical (unpaired) electrons. The van der Waals surface area contributed by atoms with Crippen molar-refractivity contribution < 1.29 is 0 Å². The summed E-state index contributed by atoms with van der Waals surface area (Å²) in [4.78, 5) is 2.69. The highest BCUT2D eigenvalue weighted by molar-refractivity contribution is 5.25. The molecule has 0 spiro atoms. The van der Waals surface area contributed by atoms with Crippen LogP contribution >= 0.6 is 0 Å². The smallest absolute Gasteiger partial charge is 0.0557 e. The molecule has 17 heavy (non-hydrogen) atoms. The van der Waals surface area contributed by atoms with E-state index in [-0.39, 0.29) is 5.54 Å². The average molecular weight is 230 g/mol. The summed E-state index contributed by atoms with van der Waals surface area (Å²) < 4.78 is 0. The Balaban J connectivity index is 1.85. The fraction of sp³-hybridized carbons (Fsp3) is 0.600. The van der Waals surface area contributed by atoms with Crippen LogP contribution in [0.4, 0.5) is 0 Å². The van der Waals surface area contributed by atoms with Gasteiger partial charge in [0.15, 0.2) is 0 Å². The second-order valence-corrected chi connectivity index (χ2v) is 5.71. The highest BCUT2D eigenvalue weighted by atomic mass is 15.3. The van der Waals surface area contributed by atoms with Crippen molar-refractivity contribution in [1.82, 2.24) is 10.2 Å². The van der Waals surface area contributed by atoms with Crippen LogP contribution in [0.1, 0.15) is 25.3 Å². The molecule has 1 atom stereocenters. The lowest BCUT2D eigenvalue weighted by atomic mass is 9.88. The maximum Gasteiger partial charge on any atom is 0.0557 e. The van der Waals surface area contributed by atoms with Gasteiger partial charge in [0.05, 0.1) is 5.54 Å². The fourth-order valence-corrected chi connectivity index (χ4v) is 2.89. The molecule has 2 nitrogen and oxygen atoms in total. The first kappa shape index (κ1) is 11.2. The summed E-state index contributed by atoms with van der Waals surface area (Å²) in [5, 5.41) is 3.56. The zero-order valence-corrected chi connectivity index (χ0v) is 10.7. The van der Waals surface area contributed by atoms with Crippen LogP contribution in [0, 0.1) is 5.92 Å². The van der Waals surface area contributed by atoms with E-state index in [1.807, 2.05) is 0 Å². The first-order valence-corrected chi connectivity index (χ1v) is 6.80. The molecular weight excluding hydrogens is 208 g/mol. The standard InChI is InChI=1S/C15H22N2/c1-15(14-5-3-2-4-6-14)12-16-9-10-17(15)11-13-7-8-13/h2-6,13,16H,7-12H2,1H3. The van der Waals surface area contributed by atoms with Gasteiger partial charge in [-0.1, -0.05) is 30.3 Å². The lowest BCUT2D eigenvalue weighted by molar-refractivity contribution is 0.0680. The van der Waals surface area contributed by atoms with Crippen LogP contribution in [0.3, 0.4) is 0 Å². The number of benzene rings is 1. The van der Waals surface area contributed by atoms with Crippen LogP contribution in [0.5, 0.6) is 0 Å². The molecule has 1 unspecified atom stereocenters. The van der Waals surface area contributed by atoms with Crippen LogP contribution in [-0.2, 0) is 5.54 Å². The number of rotatable bonds is 3. The maximum atomic E-state index is 3.56. The molecule has 1 aliphatic heterocycles. The van der Waals surface area contributed by atoms with Gasteiger partial charge in [0.2, 0.25) is 0 Å². The van der Waals surface area contributed by atoms with Crippen molar-refractivity contribution in [3.8, 4) is 0 Å². The molecule has 1 saturated carbocycles. The van der Waals surface area contributed by atoms with Gasteiger partial charge in [-0.15, -0.1) is 0 Å². The van der Waals surface area contributed by atoms with Crippen molar-refractivity contribution in [1.29, 1.82) is 0 Å². The Kier molecular flexibility index (Phi) is 2.93. The Morgan fingerprint density at radius 1 is 1.29 bits per heavy atom. The molecule has 92 valence electrons. The molecule has 2 aliphatic rings. The van der Waals surface area contributed by atoms with Crippen LogP contribution in [0.2, 0.25) is 0 Å². The second-order valence-electron chi connectivity index (χ2n) is 5.71. The molecule has 1 heterocycles. The van der Waals surface area contributed by atoms with E-state index in [0.717, 1.165) is 19.0 Å². The maximum absolute atomic E-state index is 3.56. The quantitative estimate of drug-likeness (QED) is 0.856. The predicted molar refractivity (Wildman–Crippen MR) is 71.0 cm³/mol. The molecule has 1 aromatic carbocycles. The van der Waals surface area contributed by atoms with E-state index in [1.165, 1.54) is 31.5 Å². The third-order valence-electron chi connectivity index (χ3n) is 4.30. The Morgan fingerprint density at radius 2 is 2.06 bits per heavy atom. The minimum atomic E-state index is 0.183. The molecule has 1 saturated heterocycles. The number of hydrogen-bond donors (Lipinski definition) is 1. The van der Waals surface area contributed by atoms with E-state index in [0.29, 0.717) is 0 Å². The minimum Gasteiger partial charge on any atom is -0.313 e. The van der Waals surface area contributed by atoms with Gasteiger partial charge in [0, 0.05) is 26.2 Å². The van der Waals surface area contributed by atoms with E-state index in [9.17, 15) is 0 Å². The lowest BCUT2D eigenvalue weighted by Gasteiger charge is -2.46. The lowest BCUT2D eigenvalue weighted by Crippen LogP contribution is -2.57. The third kappa shape index (κ3) is 2.24. The van der Waals surface area contributed by atoms with Crippen LogP contribution < -0.4 is 5.32 Å². The summed E-state index contributed by atoms with van der Waals surface area (Å²) in [6, 6.07) is 11.0. The molecule has 2 heteroatoms. The second kappa shape index (κ2) is 4.43. The molecule has 2 fully saturated rings. The molecule has 1 aromatic rings. The summed E-state index contributed by atoms with van der Waals surface area (Å²) in [7, 11) is 0. The summed E-state index contributed by atoms with van der Waals surface area (Å²) >= 11 is 0. The SMILES string of the molecule is CC1(c2ccccc2)CNCCN1CC1CC1. The van der Waals surface area contributed by atoms with Crippen molar-refractivity contribution in [3.05, 3.63) is 35.9 Å². The van der Waals surface area contributed by atoms with E-state index >= 15 is 0 Å². The number of hydrogen-bond acceptors (Lipinski definition) is 2. The Bertz CT molecular complexity index is 372. The van der Waals surface area contributed by atoms with Crippen molar-refractivity contribution in [2.75, 3.05) is 26.2 Å². The van der Waals surface area contributed by atoms with Crippen LogP contribution in [0.25, 0.3) is 0 Å². The first-order valence-electron chi connectivity index (χ1n) is 6.80. The van der Waals surface area contributed by atoms with Gasteiger partial charge in [0.25, 0.3) is 0 Å². The summed E-state index contributed by atoms with van der Waals surface area (Å²) in [6.07, 6.45) is 2.88. The molecular formula is C15H22N2. The summed E-state index contributed by atoms with van der Waals surface area (Å²) in [5.74, 6) is 0.969. The average Bonchev–Trinajstić information content (AvgIpc) is 3.17. The minimum absolute atomic E-state index is 0.183. The van der Waals surface area contributed by atoms with Gasteiger partial charge in [-0.2, -0.15) is 0 Å². The molecule has 1 N–H and O–H groups in total. The Hall–Kier alpha value is -0.860. The summed E-state index contributed by atoms with van der Waals surface area (Å²) in [5.41, 5.74) is 1.63. The highest BCUT2D eigenvalue weighted by Gasteiger charge is 2.38. The van der Waals surface area contributed by atoms with Gasteiger partial charge in [-0.05, 0) is 31.2 Å². The zero-order valence-electron chi connectivity index (χ0n) is 10.7. The number of nitrogens with zero attached hydrogens (tertiary/aromatic N) is 1. The largest absolute Gasteiger partial charge is 0.313 e. The van der Waals surface area contributed by atoms with Gasteiger partial charge in [-0.25, -0.2) is 0 Å². The van der Waals surface area contributed by atoms with Crippen molar-refractivity contribution in [3.63, 3.8) is 0 Å². The van der Waals surface area contributed by atoms with Gasteiger partial charge < -0.3 is 5.32 Å². The number of nitrogens with one attached hydrogen (secondary N) is 1. The third-order valence-corrected chi connectivity index (χ3v) is 4.30. The molecule has 0 aromatic heterocycles. The van der Waals surface area contributed by atoms with Crippen LogP contribution in [-0.4, -0.2) is 31.1 Å². The Morgan fingerprint density at radius 3 is 2.76 bits per heavy atom. The normalized spacial score (nSPS) is 30.4. The van der Waals surface area contributed by atoms with Gasteiger partial charge in [-0.3, -0.25) is 4.90 Å². The Labute approximate surface area is 104 Å². The van der Waals surface area contributed by atoms with Crippen molar-refractivity contribution in [2.45, 2.75) is 25.3 Å². The van der Waals surface area contributed by atoms with E-state index in [4.69, 9.17) is 0 Å². The summed E-state index contributed by atoms with van der Waals surface area (Å²) in [6.45, 7) is 7.06. The molecule has 3 rings (SSSR count). The highest BCUT2D eigenvalue weighted by Crippen LogP contribution is 2.36. The van der Waals surface area contributed by atoms with E-state index < -0.39 is 0 Å². The molecule has 1 aliphatic carbocycles. The van der Waals surface area contributed by atoms with Gasteiger partial charge in [0.1, 0.15) is 0 Å². The zero-order chi connectivity index (χ0) is 11.7. The fourth-order valence-electron chi connectivity index (χ4n) is 2.89. The van der Waals surface area contributed by atoms with Crippen LogP contribution in [0.15, 0.2) is 30.3 Å².